The maximum Gasteiger partial charge on any atom is 0.264 e. The molecule has 0 atom stereocenters. The topological polar surface area (TPSA) is 92.0 Å². The molecule has 0 aliphatic carbocycles. The summed E-state index contributed by atoms with van der Waals surface area (Å²) in [4.78, 5) is 12.5. The monoisotopic (exact) mass is 543 g/mol. The molecule has 7 nitrogen and oxygen atoms in total. The van der Waals surface area contributed by atoms with E-state index in [2.05, 4.69) is 26.5 Å². The molecule has 0 fully saturated rings. The third-order valence-electron chi connectivity index (χ3n) is 4.08. The minimum absolute atomic E-state index is 0.00162. The first-order valence-electron chi connectivity index (χ1n) is 8.80. The number of rotatable bonds is 7. The van der Waals surface area contributed by atoms with Crippen molar-refractivity contribution in [3.05, 3.63) is 80.6 Å². The van der Waals surface area contributed by atoms with Gasteiger partial charge in [0.05, 0.1) is 31.3 Å². The lowest BCUT2D eigenvalue weighted by Gasteiger charge is -2.24. The van der Waals surface area contributed by atoms with E-state index >= 15 is 0 Å². The summed E-state index contributed by atoms with van der Waals surface area (Å²) in [7, 11) is -4.12. The lowest BCUT2D eigenvalue weighted by Crippen LogP contribution is -2.39. The Morgan fingerprint density at radius 3 is 2.55 bits per heavy atom. The predicted molar refractivity (Wildman–Crippen MR) is 124 cm³/mol. The van der Waals surface area contributed by atoms with Crippen LogP contribution in [0.15, 0.2) is 73.5 Å². The van der Waals surface area contributed by atoms with Crippen molar-refractivity contribution < 1.29 is 17.6 Å². The van der Waals surface area contributed by atoms with E-state index < -0.39 is 22.5 Å². The Labute approximate surface area is 197 Å². The first kappa shape index (κ1) is 23.3. The van der Waals surface area contributed by atoms with Crippen LogP contribution in [0.2, 0.25) is 10.0 Å². The number of benzene rings is 2. The van der Waals surface area contributed by atoms with E-state index in [9.17, 15) is 13.2 Å². The predicted octanol–water partition coefficient (Wildman–Crippen LogP) is 5.00. The Balaban J connectivity index is 1.88. The summed E-state index contributed by atoms with van der Waals surface area (Å²) < 4.78 is 33.6. The van der Waals surface area contributed by atoms with Gasteiger partial charge in [0.25, 0.3) is 15.9 Å². The average Bonchev–Trinajstić information content (AvgIpc) is 3.06. The Hall–Kier alpha value is -2.33. The van der Waals surface area contributed by atoms with Crippen LogP contribution in [0.25, 0.3) is 0 Å². The summed E-state index contributed by atoms with van der Waals surface area (Å²) in [5.41, 5.74) is 2.36. The van der Waals surface area contributed by atoms with Crippen LogP contribution < -0.4 is 9.73 Å². The zero-order valence-corrected chi connectivity index (χ0v) is 20.0. The van der Waals surface area contributed by atoms with E-state index in [1.165, 1.54) is 30.5 Å². The number of furan rings is 1. The Kier molecular flexibility index (Phi) is 7.42. The number of amides is 1. The Morgan fingerprint density at radius 2 is 1.90 bits per heavy atom. The van der Waals surface area contributed by atoms with Gasteiger partial charge in [-0.15, -0.1) is 0 Å². The van der Waals surface area contributed by atoms with E-state index in [1.807, 2.05) is 0 Å². The van der Waals surface area contributed by atoms with Gasteiger partial charge < -0.3 is 4.42 Å². The quantitative estimate of drug-likeness (QED) is 0.334. The number of nitrogens with zero attached hydrogens (tertiary/aromatic N) is 2. The van der Waals surface area contributed by atoms with E-state index in [1.54, 1.807) is 37.3 Å². The molecule has 3 rings (SSSR count). The number of hydrogen-bond acceptors (Lipinski definition) is 5. The van der Waals surface area contributed by atoms with Gasteiger partial charge in [-0.1, -0.05) is 47.5 Å². The third-order valence-corrected chi connectivity index (χ3v) is 7.45. The fourth-order valence-electron chi connectivity index (χ4n) is 2.58. The first-order valence-corrected chi connectivity index (χ1v) is 11.8. The van der Waals surface area contributed by atoms with Crippen LogP contribution in [0.1, 0.15) is 11.5 Å². The van der Waals surface area contributed by atoms with Gasteiger partial charge in [0.15, 0.2) is 0 Å². The number of halogens is 3. The molecule has 0 spiro atoms. The molecule has 1 amide bonds. The summed E-state index contributed by atoms with van der Waals surface area (Å²) in [6, 6.07) is 13.9. The smallest absolute Gasteiger partial charge is 0.264 e. The van der Waals surface area contributed by atoms with Gasteiger partial charge in [0, 0.05) is 6.07 Å². The number of carbonyl (C=O) groups is 1. The molecule has 0 saturated heterocycles. The van der Waals surface area contributed by atoms with Gasteiger partial charge >= 0.3 is 0 Å². The molecule has 0 radical (unpaired) electrons. The average molecular weight is 545 g/mol. The lowest BCUT2D eigenvalue weighted by atomic mass is 10.3. The molecule has 1 heterocycles. The van der Waals surface area contributed by atoms with Crippen molar-refractivity contribution >= 4 is 67.0 Å². The number of sulfonamides is 1. The molecule has 0 bridgehead atoms. The van der Waals surface area contributed by atoms with Crippen LogP contribution in [-0.2, 0) is 14.8 Å². The lowest BCUT2D eigenvalue weighted by molar-refractivity contribution is -0.119. The van der Waals surface area contributed by atoms with Crippen molar-refractivity contribution in [1.29, 1.82) is 0 Å². The Morgan fingerprint density at radius 1 is 1.19 bits per heavy atom. The maximum absolute atomic E-state index is 13.3. The largest absolute Gasteiger partial charge is 0.459 e. The number of anilines is 1. The van der Waals surface area contributed by atoms with Crippen molar-refractivity contribution in [1.82, 2.24) is 5.43 Å². The summed E-state index contributed by atoms with van der Waals surface area (Å²) in [5.74, 6) is 0.383. The molecule has 11 heteroatoms. The second kappa shape index (κ2) is 9.86. The second-order valence-electron chi connectivity index (χ2n) is 6.24. The molecular formula is C20H16BrCl2N3O4S. The molecule has 1 N–H and O–H groups in total. The molecule has 2 aromatic carbocycles. The number of hydrogen-bond donors (Lipinski definition) is 1. The zero-order valence-electron chi connectivity index (χ0n) is 16.1. The molecule has 3 aromatic rings. The highest BCUT2D eigenvalue weighted by molar-refractivity contribution is 9.10. The number of hydrazone groups is 1. The maximum atomic E-state index is 13.3. The minimum atomic E-state index is -4.12. The summed E-state index contributed by atoms with van der Waals surface area (Å²) >= 11 is 15.6. The van der Waals surface area contributed by atoms with Crippen molar-refractivity contribution in [2.75, 3.05) is 10.8 Å². The van der Waals surface area contributed by atoms with Gasteiger partial charge in [-0.2, -0.15) is 5.10 Å². The van der Waals surface area contributed by atoms with Crippen LogP contribution in [0, 0.1) is 6.92 Å². The van der Waals surface area contributed by atoms with Crippen LogP contribution in [0.5, 0.6) is 0 Å². The first-order chi connectivity index (χ1) is 14.7. The SMILES string of the molecule is Cc1oc(/C=N\NC(=O)CN(c2cccc(Cl)c2Cl)S(=O)(=O)c2ccccc2)cc1Br. The molecule has 0 saturated carbocycles. The standard InChI is InChI=1S/C20H16BrCl2N3O4S/c1-13-16(21)10-14(30-13)11-24-25-19(27)12-26(18-9-5-8-17(22)20(18)23)31(28,29)15-6-3-2-4-7-15/h2-11H,12H2,1H3,(H,25,27)/b24-11-. The van der Waals surface area contributed by atoms with Gasteiger partial charge in [0.1, 0.15) is 18.1 Å². The highest BCUT2D eigenvalue weighted by atomic mass is 79.9. The molecule has 0 aliphatic heterocycles. The van der Waals surface area contributed by atoms with Crippen LogP contribution in [0.3, 0.4) is 0 Å². The van der Waals surface area contributed by atoms with Crippen LogP contribution >= 0.6 is 39.1 Å². The van der Waals surface area contributed by atoms with Crippen molar-refractivity contribution in [3.63, 3.8) is 0 Å². The molecular weight excluding hydrogens is 529 g/mol. The van der Waals surface area contributed by atoms with Gasteiger partial charge in [-0.05, 0) is 47.1 Å². The van der Waals surface area contributed by atoms with Crippen molar-refractivity contribution in [2.45, 2.75) is 11.8 Å². The fourth-order valence-corrected chi connectivity index (χ4v) is 4.79. The van der Waals surface area contributed by atoms with Gasteiger partial charge in [0.2, 0.25) is 0 Å². The molecule has 0 aliphatic rings. The van der Waals surface area contributed by atoms with E-state index in [0.717, 1.165) is 8.78 Å². The van der Waals surface area contributed by atoms with E-state index in [4.69, 9.17) is 27.6 Å². The molecule has 0 unspecified atom stereocenters. The summed E-state index contributed by atoms with van der Waals surface area (Å²) in [6.07, 6.45) is 1.30. The van der Waals surface area contributed by atoms with Crippen molar-refractivity contribution in [3.8, 4) is 0 Å². The second-order valence-corrected chi connectivity index (χ2v) is 9.75. The Bertz CT molecular complexity index is 1210. The van der Waals surface area contributed by atoms with Crippen LogP contribution in [-0.4, -0.2) is 27.1 Å². The highest BCUT2D eigenvalue weighted by Crippen LogP contribution is 2.35. The van der Waals surface area contributed by atoms with Crippen molar-refractivity contribution in [2.24, 2.45) is 5.10 Å². The molecule has 162 valence electrons. The van der Waals surface area contributed by atoms with E-state index in [0.29, 0.717) is 11.5 Å². The van der Waals surface area contributed by atoms with Gasteiger partial charge in [-0.3, -0.25) is 9.10 Å². The molecule has 1 aromatic heterocycles. The summed E-state index contributed by atoms with van der Waals surface area (Å²) in [6.45, 7) is 1.19. The normalized spacial score (nSPS) is 11.6. The number of carbonyl (C=O) groups excluding carboxylic acids is 1. The minimum Gasteiger partial charge on any atom is -0.459 e. The van der Waals surface area contributed by atoms with E-state index in [-0.39, 0.29) is 20.6 Å². The van der Waals surface area contributed by atoms with Gasteiger partial charge in [-0.25, -0.2) is 13.8 Å². The fraction of sp³-hybridized carbons (Fsp3) is 0.100. The van der Waals surface area contributed by atoms with Crippen LogP contribution in [0.4, 0.5) is 5.69 Å². The molecule has 31 heavy (non-hydrogen) atoms. The summed E-state index contributed by atoms with van der Waals surface area (Å²) in [5, 5.41) is 3.98. The number of nitrogens with one attached hydrogen (secondary N) is 1. The zero-order chi connectivity index (χ0) is 22.6. The third kappa shape index (κ3) is 5.48. The number of aryl methyl sites for hydroxylation is 1. The highest BCUT2D eigenvalue weighted by Gasteiger charge is 2.29.